The minimum atomic E-state index is -1.000. The molecule has 1 N–H and O–H groups in total. The summed E-state index contributed by atoms with van der Waals surface area (Å²) in [6.45, 7) is 3.35. The van der Waals surface area contributed by atoms with Crippen LogP contribution in [0, 0.1) is 17.0 Å². The Balaban J connectivity index is 1.64. The molecule has 8 nitrogen and oxygen atoms in total. The van der Waals surface area contributed by atoms with E-state index >= 15 is 0 Å². The van der Waals surface area contributed by atoms with Crippen molar-refractivity contribution in [1.82, 2.24) is 4.98 Å². The van der Waals surface area contributed by atoms with Gasteiger partial charge in [0.2, 0.25) is 0 Å². The summed E-state index contributed by atoms with van der Waals surface area (Å²) in [6.07, 6.45) is -1.000. The third-order valence-electron chi connectivity index (χ3n) is 3.68. The molecule has 2 aromatic heterocycles. The van der Waals surface area contributed by atoms with E-state index in [0.29, 0.717) is 21.3 Å². The highest BCUT2D eigenvalue weighted by molar-refractivity contribution is 7.14. The van der Waals surface area contributed by atoms with Crippen molar-refractivity contribution in [1.29, 1.82) is 0 Å². The van der Waals surface area contributed by atoms with Crippen LogP contribution in [-0.4, -0.2) is 27.9 Å². The number of nitro benzene ring substituents is 1. The van der Waals surface area contributed by atoms with Crippen molar-refractivity contribution in [2.45, 2.75) is 20.0 Å². The van der Waals surface area contributed by atoms with Gasteiger partial charge in [0.25, 0.3) is 11.6 Å². The minimum absolute atomic E-state index is 0.0413. The van der Waals surface area contributed by atoms with E-state index in [1.165, 1.54) is 41.7 Å². The van der Waals surface area contributed by atoms with Gasteiger partial charge in [0.05, 0.1) is 10.6 Å². The highest BCUT2D eigenvalue weighted by Gasteiger charge is 2.21. The van der Waals surface area contributed by atoms with Gasteiger partial charge in [-0.3, -0.25) is 20.2 Å². The number of esters is 1. The highest BCUT2D eigenvalue weighted by atomic mass is 32.1. The van der Waals surface area contributed by atoms with E-state index < -0.39 is 22.9 Å². The van der Waals surface area contributed by atoms with Crippen LogP contribution in [0.2, 0.25) is 0 Å². The zero-order chi connectivity index (χ0) is 20.3. The summed E-state index contributed by atoms with van der Waals surface area (Å²) in [5, 5.41) is 15.5. The fourth-order valence-corrected chi connectivity index (χ4v) is 3.74. The van der Waals surface area contributed by atoms with Gasteiger partial charge in [0.15, 0.2) is 11.2 Å². The largest absolute Gasteiger partial charge is 0.448 e. The van der Waals surface area contributed by atoms with E-state index in [9.17, 15) is 19.7 Å². The third kappa shape index (κ3) is 4.59. The van der Waals surface area contributed by atoms with Crippen molar-refractivity contribution in [2.75, 3.05) is 5.32 Å². The number of carbonyl (C=O) groups excluding carboxylic acids is 2. The standard InChI is InChI=1S/C18H15N3O5S2/c1-10-6-7-15(28-10)17(23)26-11(2)16(22)20-18-19-14(9-27-18)12-4-3-5-13(8-12)21(24)25/h3-9,11H,1-2H3,(H,19,20,22)/t11-/m1/s1. The quantitative estimate of drug-likeness (QED) is 0.364. The van der Waals surface area contributed by atoms with Gasteiger partial charge >= 0.3 is 5.97 Å². The predicted molar refractivity (Wildman–Crippen MR) is 107 cm³/mol. The number of rotatable bonds is 6. The first kappa shape index (κ1) is 19.6. The first-order valence-electron chi connectivity index (χ1n) is 8.12. The van der Waals surface area contributed by atoms with E-state index in [4.69, 9.17) is 4.74 Å². The Morgan fingerprint density at radius 2 is 2.07 bits per heavy atom. The summed E-state index contributed by atoms with van der Waals surface area (Å²) in [6, 6.07) is 9.52. The number of thiazole rings is 1. The van der Waals surface area contributed by atoms with Crippen molar-refractivity contribution >= 4 is 45.4 Å². The van der Waals surface area contributed by atoms with Crippen LogP contribution in [0.5, 0.6) is 0 Å². The molecule has 0 saturated carbocycles. The second kappa shape index (κ2) is 8.28. The lowest BCUT2D eigenvalue weighted by Gasteiger charge is -2.11. The zero-order valence-corrected chi connectivity index (χ0v) is 16.5. The Kier molecular flexibility index (Phi) is 5.81. The van der Waals surface area contributed by atoms with E-state index in [0.717, 1.165) is 4.88 Å². The molecule has 10 heteroatoms. The lowest BCUT2D eigenvalue weighted by molar-refractivity contribution is -0.384. The van der Waals surface area contributed by atoms with Gasteiger partial charge < -0.3 is 4.74 Å². The molecule has 0 aliphatic heterocycles. The van der Waals surface area contributed by atoms with Crippen LogP contribution in [0.3, 0.4) is 0 Å². The molecule has 2 heterocycles. The molecule has 1 atom stereocenters. The number of thiophene rings is 1. The Labute approximate surface area is 168 Å². The molecule has 1 aromatic carbocycles. The van der Waals surface area contributed by atoms with E-state index in [1.807, 2.05) is 6.92 Å². The van der Waals surface area contributed by atoms with Gasteiger partial charge in [-0.25, -0.2) is 9.78 Å². The Morgan fingerprint density at radius 3 is 2.75 bits per heavy atom. The normalized spacial score (nSPS) is 11.6. The van der Waals surface area contributed by atoms with Gasteiger partial charge in [-0.1, -0.05) is 12.1 Å². The van der Waals surface area contributed by atoms with E-state index in [-0.39, 0.29) is 5.69 Å². The van der Waals surface area contributed by atoms with Crippen LogP contribution in [-0.2, 0) is 9.53 Å². The summed E-state index contributed by atoms with van der Waals surface area (Å²) in [7, 11) is 0. The average Bonchev–Trinajstić information content (AvgIpc) is 3.31. The molecule has 0 spiro atoms. The summed E-state index contributed by atoms with van der Waals surface area (Å²) in [5.41, 5.74) is 1.03. The third-order valence-corrected chi connectivity index (χ3v) is 5.42. The van der Waals surface area contributed by atoms with Gasteiger partial charge in [-0.15, -0.1) is 22.7 Å². The second-order valence-corrected chi connectivity index (χ2v) is 7.94. The van der Waals surface area contributed by atoms with Crippen molar-refractivity contribution < 1.29 is 19.2 Å². The number of aryl methyl sites for hydroxylation is 1. The number of benzene rings is 1. The molecule has 144 valence electrons. The fourth-order valence-electron chi connectivity index (χ4n) is 2.27. The molecule has 0 radical (unpaired) electrons. The van der Waals surface area contributed by atoms with E-state index in [2.05, 4.69) is 10.3 Å². The van der Waals surface area contributed by atoms with Gasteiger partial charge in [-0.05, 0) is 26.0 Å². The smallest absolute Gasteiger partial charge is 0.349 e. The fraction of sp³-hybridized carbons (Fsp3) is 0.167. The number of nitrogens with one attached hydrogen (secondary N) is 1. The SMILES string of the molecule is Cc1ccc(C(=O)O[C@H](C)C(=O)Nc2nc(-c3cccc([N+](=O)[O-])c3)cs2)s1. The molecule has 0 aliphatic carbocycles. The van der Waals surface area contributed by atoms with Gasteiger partial charge in [-0.2, -0.15) is 0 Å². The topological polar surface area (TPSA) is 111 Å². The molecule has 0 aliphatic rings. The molecule has 0 bridgehead atoms. The van der Waals surface area contributed by atoms with Crippen molar-refractivity contribution in [3.8, 4) is 11.3 Å². The first-order valence-corrected chi connectivity index (χ1v) is 9.82. The van der Waals surface area contributed by atoms with Gasteiger partial charge in [0.1, 0.15) is 4.88 Å². The molecule has 28 heavy (non-hydrogen) atoms. The Bertz CT molecular complexity index is 1040. The first-order chi connectivity index (χ1) is 13.3. The maximum Gasteiger partial charge on any atom is 0.349 e. The number of aromatic nitrogens is 1. The van der Waals surface area contributed by atoms with Crippen LogP contribution >= 0.6 is 22.7 Å². The number of nitro groups is 1. The summed E-state index contributed by atoms with van der Waals surface area (Å²) in [5.74, 6) is -1.07. The zero-order valence-electron chi connectivity index (χ0n) is 14.9. The van der Waals surface area contributed by atoms with Crippen LogP contribution in [0.1, 0.15) is 21.5 Å². The lowest BCUT2D eigenvalue weighted by atomic mass is 10.1. The molecule has 3 rings (SSSR count). The summed E-state index contributed by atoms with van der Waals surface area (Å²) >= 11 is 2.46. The maximum atomic E-state index is 12.3. The van der Waals surface area contributed by atoms with Crippen LogP contribution in [0.4, 0.5) is 10.8 Å². The second-order valence-electron chi connectivity index (χ2n) is 5.79. The van der Waals surface area contributed by atoms with E-state index in [1.54, 1.807) is 29.6 Å². The van der Waals surface area contributed by atoms with Crippen molar-refractivity contribution in [3.63, 3.8) is 0 Å². The Hall–Kier alpha value is -3.11. The highest BCUT2D eigenvalue weighted by Crippen LogP contribution is 2.27. The molecule has 3 aromatic rings. The number of non-ortho nitro benzene ring substituents is 1. The average molecular weight is 417 g/mol. The number of nitrogens with zero attached hydrogens (tertiary/aromatic N) is 2. The summed E-state index contributed by atoms with van der Waals surface area (Å²) < 4.78 is 5.18. The minimum Gasteiger partial charge on any atom is -0.448 e. The molecular weight excluding hydrogens is 402 g/mol. The number of ether oxygens (including phenoxy) is 1. The van der Waals surface area contributed by atoms with Crippen molar-refractivity contribution in [2.24, 2.45) is 0 Å². The maximum absolute atomic E-state index is 12.3. The monoisotopic (exact) mass is 417 g/mol. The number of amides is 1. The van der Waals surface area contributed by atoms with Gasteiger partial charge in [0, 0.05) is 28.0 Å². The van der Waals surface area contributed by atoms with Crippen LogP contribution in [0.15, 0.2) is 41.8 Å². The number of hydrogen-bond donors (Lipinski definition) is 1. The van der Waals surface area contributed by atoms with Crippen LogP contribution in [0.25, 0.3) is 11.3 Å². The lowest BCUT2D eigenvalue weighted by Crippen LogP contribution is -2.29. The summed E-state index contributed by atoms with van der Waals surface area (Å²) in [4.78, 5) is 40.4. The molecular formula is C18H15N3O5S2. The Morgan fingerprint density at radius 1 is 1.29 bits per heavy atom. The number of hydrogen-bond acceptors (Lipinski definition) is 8. The molecule has 0 fully saturated rings. The molecule has 0 unspecified atom stereocenters. The number of carbonyl (C=O) groups is 2. The van der Waals surface area contributed by atoms with Crippen molar-refractivity contribution in [3.05, 3.63) is 61.6 Å². The number of anilines is 1. The molecule has 0 saturated heterocycles. The van der Waals surface area contributed by atoms with Crippen LogP contribution < -0.4 is 5.32 Å². The predicted octanol–water partition coefficient (Wildman–Crippen LogP) is 4.27. The molecule has 1 amide bonds.